The fourth-order valence-corrected chi connectivity index (χ4v) is 3.80. The maximum absolute atomic E-state index is 5.99. The van der Waals surface area contributed by atoms with Crippen LogP contribution in [0.4, 0.5) is 0 Å². The number of ether oxygens (including phenoxy) is 1. The number of hydrogen-bond acceptors (Lipinski definition) is 1. The third kappa shape index (κ3) is 3.96. The van der Waals surface area contributed by atoms with Crippen molar-refractivity contribution in [3.63, 3.8) is 0 Å². The fourth-order valence-electron chi connectivity index (χ4n) is 1.91. The first-order valence-electron chi connectivity index (χ1n) is 6.94. The van der Waals surface area contributed by atoms with Crippen molar-refractivity contribution in [2.24, 2.45) is 0 Å². The molecule has 0 saturated heterocycles. The Kier molecular flexibility index (Phi) is 5.17. The quantitative estimate of drug-likeness (QED) is 0.658. The zero-order chi connectivity index (χ0) is 13.8. The Balaban J connectivity index is 2.88. The lowest BCUT2D eigenvalue weighted by molar-refractivity contribution is 0.0748. The Morgan fingerprint density at radius 3 is 2.11 bits per heavy atom. The second-order valence-electron chi connectivity index (χ2n) is 6.69. The lowest BCUT2D eigenvalue weighted by Crippen LogP contribution is -2.38. The van der Waals surface area contributed by atoms with Crippen LogP contribution in [0, 0.1) is 0 Å². The molecule has 0 fully saturated rings. The zero-order valence-corrected chi connectivity index (χ0v) is 13.8. The molecule has 0 saturated carbocycles. The summed E-state index contributed by atoms with van der Waals surface area (Å²) < 4.78 is 5.99. The third-order valence-corrected chi connectivity index (χ3v) is 9.72. The molecule has 2 heteroatoms. The highest BCUT2D eigenvalue weighted by atomic mass is 28.3. The van der Waals surface area contributed by atoms with Gasteiger partial charge >= 0.3 is 0 Å². The minimum absolute atomic E-state index is 0.261. The summed E-state index contributed by atoms with van der Waals surface area (Å²) in [4.78, 5) is 0. The molecular weight excluding hydrogens is 236 g/mol. The lowest BCUT2D eigenvalue weighted by atomic mass is 10.1. The smallest absolute Gasteiger partial charge is 0.0801 e. The van der Waals surface area contributed by atoms with E-state index in [1.54, 1.807) is 0 Å². The van der Waals surface area contributed by atoms with E-state index in [1.165, 1.54) is 11.6 Å². The van der Waals surface area contributed by atoms with Crippen molar-refractivity contribution in [3.8, 4) is 0 Å². The minimum atomic E-state index is -1.31. The first-order valence-corrected chi connectivity index (χ1v) is 10.1. The minimum Gasteiger partial charge on any atom is -0.374 e. The van der Waals surface area contributed by atoms with E-state index in [4.69, 9.17) is 4.74 Å². The van der Waals surface area contributed by atoms with Crippen LogP contribution in [0.3, 0.4) is 0 Å². The van der Waals surface area contributed by atoms with Gasteiger partial charge in [0, 0.05) is 6.61 Å². The largest absolute Gasteiger partial charge is 0.374 e. The van der Waals surface area contributed by atoms with Crippen LogP contribution in [0.25, 0.3) is 0 Å². The molecular formula is C16H28OSi. The van der Waals surface area contributed by atoms with Gasteiger partial charge in [-0.2, -0.15) is 0 Å². The summed E-state index contributed by atoms with van der Waals surface area (Å²) in [5.41, 5.74) is 1.32. The van der Waals surface area contributed by atoms with Gasteiger partial charge in [-0.25, -0.2) is 0 Å². The van der Waals surface area contributed by atoms with Crippen molar-refractivity contribution in [1.82, 2.24) is 0 Å². The van der Waals surface area contributed by atoms with Gasteiger partial charge in [-0.05, 0) is 23.6 Å². The Morgan fingerprint density at radius 2 is 1.67 bits per heavy atom. The van der Waals surface area contributed by atoms with Crippen LogP contribution in [-0.2, 0) is 4.74 Å². The molecule has 1 rings (SSSR count). The van der Waals surface area contributed by atoms with Crippen molar-refractivity contribution in [2.45, 2.75) is 58.0 Å². The van der Waals surface area contributed by atoms with Crippen LogP contribution in [0.2, 0.25) is 24.2 Å². The van der Waals surface area contributed by atoms with Gasteiger partial charge in [0.15, 0.2) is 0 Å². The van der Waals surface area contributed by atoms with E-state index < -0.39 is 8.07 Å². The van der Waals surface area contributed by atoms with E-state index >= 15 is 0 Å². The predicted molar refractivity (Wildman–Crippen MR) is 82.8 cm³/mol. The molecule has 1 aromatic rings. The molecule has 0 aliphatic heterocycles. The predicted octanol–water partition coefficient (Wildman–Crippen LogP) is 5.27. The Morgan fingerprint density at radius 1 is 1.11 bits per heavy atom. The number of hydrogen-bond donors (Lipinski definition) is 0. The van der Waals surface area contributed by atoms with E-state index in [9.17, 15) is 0 Å². The summed E-state index contributed by atoms with van der Waals surface area (Å²) >= 11 is 0. The Labute approximate surface area is 114 Å². The fraction of sp³-hybridized carbons (Fsp3) is 0.625. The number of benzene rings is 1. The molecule has 0 spiro atoms. The van der Waals surface area contributed by atoms with Crippen molar-refractivity contribution >= 4 is 8.07 Å². The van der Waals surface area contributed by atoms with Crippen LogP contribution >= 0.6 is 0 Å². The summed E-state index contributed by atoms with van der Waals surface area (Å²) in [6.45, 7) is 14.9. The molecule has 1 unspecified atom stereocenters. The van der Waals surface area contributed by atoms with E-state index in [0.29, 0.717) is 5.04 Å². The molecule has 0 aliphatic carbocycles. The zero-order valence-electron chi connectivity index (χ0n) is 12.8. The van der Waals surface area contributed by atoms with Gasteiger partial charge in [-0.1, -0.05) is 64.2 Å². The summed E-state index contributed by atoms with van der Waals surface area (Å²) in [6, 6.07) is 11.8. The first kappa shape index (κ1) is 15.5. The highest BCUT2D eigenvalue weighted by molar-refractivity contribution is 6.80. The summed E-state index contributed by atoms with van der Waals surface area (Å²) in [5, 5.41) is 0.414. The van der Waals surface area contributed by atoms with Gasteiger partial charge in [-0.3, -0.25) is 0 Å². The van der Waals surface area contributed by atoms with E-state index in [-0.39, 0.29) is 6.10 Å². The molecule has 1 atom stereocenters. The van der Waals surface area contributed by atoms with Crippen LogP contribution in [0.15, 0.2) is 30.3 Å². The highest BCUT2D eigenvalue weighted by Crippen LogP contribution is 2.42. The highest BCUT2D eigenvalue weighted by Gasteiger charge is 2.37. The molecule has 0 N–H and O–H groups in total. The van der Waals surface area contributed by atoms with Gasteiger partial charge in [0.05, 0.1) is 14.2 Å². The van der Waals surface area contributed by atoms with Gasteiger partial charge in [0.2, 0.25) is 0 Å². The van der Waals surface area contributed by atoms with Gasteiger partial charge in [0.25, 0.3) is 0 Å². The van der Waals surface area contributed by atoms with E-state index in [0.717, 1.165) is 6.61 Å². The molecule has 0 radical (unpaired) electrons. The van der Waals surface area contributed by atoms with Crippen LogP contribution in [-0.4, -0.2) is 14.7 Å². The van der Waals surface area contributed by atoms with Crippen molar-refractivity contribution < 1.29 is 4.74 Å². The van der Waals surface area contributed by atoms with Gasteiger partial charge in [0.1, 0.15) is 0 Å². The molecule has 102 valence electrons. The lowest BCUT2D eigenvalue weighted by Gasteiger charge is -2.39. The van der Waals surface area contributed by atoms with Gasteiger partial charge in [-0.15, -0.1) is 0 Å². The summed E-state index contributed by atoms with van der Waals surface area (Å²) in [6.07, 6.45) is 0.261. The molecule has 1 aromatic carbocycles. The van der Waals surface area contributed by atoms with E-state index in [1.807, 2.05) is 0 Å². The molecule has 1 nitrogen and oxygen atoms in total. The average molecular weight is 264 g/mol. The second-order valence-corrected chi connectivity index (χ2v) is 12.4. The molecule has 0 amide bonds. The molecule has 0 heterocycles. The summed E-state index contributed by atoms with van der Waals surface area (Å²) in [7, 11) is -1.31. The monoisotopic (exact) mass is 264 g/mol. The third-order valence-electron chi connectivity index (χ3n) is 4.27. The summed E-state index contributed by atoms with van der Waals surface area (Å²) in [5.74, 6) is 0. The van der Waals surface area contributed by atoms with Gasteiger partial charge < -0.3 is 4.74 Å². The standard InChI is InChI=1S/C16H28OSi/c1-7-17-15(14-11-9-8-10-12-14)13-18(5,6)16(2,3)4/h8-12,15H,7,13H2,1-6H3. The Hall–Kier alpha value is -0.603. The maximum atomic E-state index is 5.99. The number of rotatable bonds is 5. The molecule has 18 heavy (non-hydrogen) atoms. The SMILES string of the molecule is CCOC(C[Si](C)(C)C(C)(C)C)c1ccccc1. The van der Waals surface area contributed by atoms with Crippen molar-refractivity contribution in [3.05, 3.63) is 35.9 Å². The molecule has 0 bridgehead atoms. The first-order chi connectivity index (χ1) is 8.28. The van der Waals surface area contributed by atoms with Crippen LogP contribution in [0.5, 0.6) is 0 Å². The van der Waals surface area contributed by atoms with Crippen LogP contribution in [0.1, 0.15) is 39.4 Å². The maximum Gasteiger partial charge on any atom is 0.0801 e. The van der Waals surface area contributed by atoms with Crippen LogP contribution < -0.4 is 0 Å². The Bertz CT molecular complexity index is 351. The second kappa shape index (κ2) is 6.03. The average Bonchev–Trinajstić information content (AvgIpc) is 2.28. The molecule has 0 aromatic heterocycles. The van der Waals surface area contributed by atoms with Crippen molar-refractivity contribution in [2.75, 3.05) is 6.61 Å². The van der Waals surface area contributed by atoms with E-state index in [2.05, 4.69) is 71.1 Å². The topological polar surface area (TPSA) is 9.23 Å². The van der Waals surface area contributed by atoms with Crippen molar-refractivity contribution in [1.29, 1.82) is 0 Å². The normalized spacial score (nSPS) is 14.6. The molecule has 0 aliphatic rings.